The van der Waals surface area contributed by atoms with Crippen molar-refractivity contribution in [2.75, 3.05) is 0 Å². The average Bonchev–Trinajstić information content (AvgIpc) is 2.74. The number of carbonyl (C=O) groups is 8. The fourth-order valence-corrected chi connectivity index (χ4v) is 3.43. The van der Waals surface area contributed by atoms with Gasteiger partial charge in [-0.25, -0.2) is 38.4 Å². The highest BCUT2D eigenvalue weighted by Gasteiger charge is 2.39. The molecule has 0 unspecified atom stereocenters. The normalized spacial score (nSPS) is 9.30. The molecule has 0 aliphatic carbocycles. The van der Waals surface area contributed by atoms with Crippen LogP contribution in [-0.4, -0.2) is 111 Å². The van der Waals surface area contributed by atoms with Crippen LogP contribution >= 0.6 is 0 Å². The van der Waals surface area contributed by atoms with Gasteiger partial charge in [0.1, 0.15) is 0 Å². The molecular formula is C20H18O20. The number of aromatic carboxylic acids is 8. The van der Waals surface area contributed by atoms with Crippen molar-refractivity contribution in [2.45, 2.75) is 0 Å². The molecule has 20 nitrogen and oxygen atoms in total. The molecule has 0 heterocycles. The predicted octanol–water partition coefficient (Wildman–Crippen LogP) is -2.36. The van der Waals surface area contributed by atoms with E-state index in [4.69, 9.17) is 0 Å². The Bertz CT molecular complexity index is 1240. The molecule has 2 rings (SSSR count). The van der Waals surface area contributed by atoms with Gasteiger partial charge in [-0.1, -0.05) is 0 Å². The molecule has 218 valence electrons. The van der Waals surface area contributed by atoms with E-state index in [1.54, 1.807) is 0 Å². The number of carboxylic acids is 8. The average molecular weight is 578 g/mol. The Balaban J connectivity index is -0.00000342. The van der Waals surface area contributed by atoms with Crippen LogP contribution in [0.2, 0.25) is 0 Å². The smallest absolute Gasteiger partial charge is 0.337 e. The lowest BCUT2D eigenvalue weighted by molar-refractivity contribution is 0.0634. The van der Waals surface area contributed by atoms with Crippen molar-refractivity contribution in [3.63, 3.8) is 0 Å². The van der Waals surface area contributed by atoms with E-state index in [-0.39, 0.29) is 34.0 Å². The van der Waals surface area contributed by atoms with E-state index in [1.165, 1.54) is 0 Å². The zero-order chi connectivity index (χ0) is 27.8. The van der Waals surface area contributed by atoms with Crippen LogP contribution < -0.4 is 0 Å². The highest BCUT2D eigenvalue weighted by molar-refractivity contribution is 6.22. The predicted molar refractivity (Wildman–Crippen MR) is 122 cm³/mol. The van der Waals surface area contributed by atoms with E-state index >= 15 is 0 Å². The van der Waals surface area contributed by atoms with Crippen LogP contribution in [0.25, 0.3) is 11.1 Å². The molecule has 0 aromatic heterocycles. The van der Waals surface area contributed by atoms with E-state index in [0.717, 1.165) is 0 Å². The summed E-state index contributed by atoms with van der Waals surface area (Å²) in [6.07, 6.45) is 0. The van der Waals surface area contributed by atoms with Crippen LogP contribution in [0.3, 0.4) is 0 Å². The van der Waals surface area contributed by atoms with Crippen molar-refractivity contribution in [3.8, 4) is 11.1 Å². The van der Waals surface area contributed by atoms with Gasteiger partial charge in [-0.2, -0.15) is 0 Å². The van der Waals surface area contributed by atoms with Crippen molar-refractivity contribution in [3.05, 3.63) is 56.6 Å². The Morgan fingerprint density at radius 1 is 0.325 bits per heavy atom. The maximum absolute atomic E-state index is 12.0. The summed E-state index contributed by atoms with van der Waals surface area (Å²) in [5, 5.41) is 76.5. The zero-order valence-electron chi connectivity index (χ0n) is 19.0. The maximum Gasteiger partial charge on any atom is 0.337 e. The van der Waals surface area contributed by atoms with Gasteiger partial charge in [0, 0.05) is 11.1 Å². The largest absolute Gasteiger partial charge is 0.478 e. The molecule has 0 aliphatic rings. The molecule has 20 heteroatoms. The van der Waals surface area contributed by atoms with Gasteiger partial charge in [0.05, 0.1) is 44.5 Å². The van der Waals surface area contributed by atoms with Crippen LogP contribution in [0.15, 0.2) is 12.1 Å². The van der Waals surface area contributed by atoms with Crippen LogP contribution in [-0.2, 0) is 0 Å². The first kappa shape index (κ1) is 38.6. The molecule has 0 fully saturated rings. The lowest BCUT2D eigenvalue weighted by Gasteiger charge is -2.21. The monoisotopic (exact) mass is 578 g/mol. The topological polar surface area (TPSA) is 424 Å². The molecule has 0 saturated carbocycles. The summed E-state index contributed by atoms with van der Waals surface area (Å²) in [6.45, 7) is 0. The number of hydrogen-bond donors (Lipinski definition) is 8. The first-order valence-electron chi connectivity index (χ1n) is 8.83. The van der Waals surface area contributed by atoms with E-state index in [9.17, 15) is 79.2 Å². The summed E-state index contributed by atoms with van der Waals surface area (Å²) in [5.74, 6) is -18.0. The lowest BCUT2D eigenvalue weighted by atomic mass is 9.80. The molecular weight excluding hydrogens is 560 g/mol. The molecule has 0 spiro atoms. The molecule has 0 amide bonds. The summed E-state index contributed by atoms with van der Waals surface area (Å²) in [4.78, 5) is 95.1. The minimum absolute atomic E-state index is 0. The third kappa shape index (κ3) is 6.29. The standard InChI is InChI=1S/C20H10O16.4H2O/c21-13(22)3-1-4(14(23)24)8(18(31)32)11(7(3)17(29)30)12-9(19(33)34)5(15(25)26)2-6(16(27)28)10(12)20(35)36;;;;/h1-2H,(H,21,22)(H,23,24)(H,25,26)(H,27,28)(H,29,30)(H,31,32)(H,33,34)(H,35,36);4*1H2. The van der Waals surface area contributed by atoms with Gasteiger partial charge < -0.3 is 62.8 Å². The van der Waals surface area contributed by atoms with E-state index in [2.05, 4.69) is 0 Å². The molecule has 16 N–H and O–H groups in total. The quantitative estimate of drug-likeness (QED) is 0.154. The van der Waals surface area contributed by atoms with Crippen molar-refractivity contribution in [2.24, 2.45) is 0 Å². The van der Waals surface area contributed by atoms with Crippen LogP contribution in [0.1, 0.15) is 82.9 Å². The summed E-state index contributed by atoms with van der Waals surface area (Å²) in [5.41, 5.74) is -15.7. The second-order valence-corrected chi connectivity index (χ2v) is 6.63. The van der Waals surface area contributed by atoms with E-state index in [1.807, 2.05) is 0 Å². The van der Waals surface area contributed by atoms with Gasteiger partial charge >= 0.3 is 47.8 Å². The Morgan fingerprint density at radius 2 is 0.475 bits per heavy atom. The van der Waals surface area contributed by atoms with Crippen molar-refractivity contribution in [1.29, 1.82) is 0 Å². The number of hydrogen-bond acceptors (Lipinski definition) is 8. The fraction of sp³-hybridized carbons (Fsp3) is 0. The van der Waals surface area contributed by atoms with Crippen LogP contribution in [0.5, 0.6) is 0 Å². The highest BCUT2D eigenvalue weighted by Crippen LogP contribution is 2.40. The third-order valence-corrected chi connectivity index (χ3v) is 4.68. The molecule has 0 bridgehead atoms. The number of carboxylic acid groups (broad SMARTS) is 8. The Kier molecular flexibility index (Phi) is 13.1. The summed E-state index contributed by atoms with van der Waals surface area (Å²) < 4.78 is 0. The molecule has 40 heavy (non-hydrogen) atoms. The van der Waals surface area contributed by atoms with Gasteiger partial charge in [-0.15, -0.1) is 0 Å². The Labute approximate surface area is 217 Å². The van der Waals surface area contributed by atoms with Crippen molar-refractivity contribution < 1.29 is 101 Å². The molecule has 0 atom stereocenters. The SMILES string of the molecule is O.O.O.O.O=C(O)c1cc(C(=O)O)c(C(=O)O)c(-c2c(C(=O)O)c(C(=O)O)cc(C(=O)O)c2C(=O)O)c1C(=O)O. The fourth-order valence-electron chi connectivity index (χ4n) is 3.43. The first-order chi connectivity index (χ1) is 16.5. The maximum atomic E-state index is 12.0. The molecule has 0 radical (unpaired) electrons. The van der Waals surface area contributed by atoms with Crippen LogP contribution in [0, 0.1) is 0 Å². The molecule has 0 aliphatic heterocycles. The number of benzene rings is 2. The van der Waals surface area contributed by atoms with Gasteiger partial charge in [0.25, 0.3) is 0 Å². The van der Waals surface area contributed by atoms with Crippen LogP contribution in [0.4, 0.5) is 0 Å². The second kappa shape index (κ2) is 13.5. The van der Waals surface area contributed by atoms with E-state index in [0.29, 0.717) is 0 Å². The second-order valence-electron chi connectivity index (χ2n) is 6.63. The minimum Gasteiger partial charge on any atom is -0.478 e. The van der Waals surface area contributed by atoms with E-state index < -0.39 is 103 Å². The van der Waals surface area contributed by atoms with Gasteiger partial charge in [0.15, 0.2) is 0 Å². The Morgan fingerprint density at radius 3 is 0.575 bits per heavy atom. The van der Waals surface area contributed by atoms with Crippen molar-refractivity contribution in [1.82, 2.24) is 0 Å². The number of rotatable bonds is 9. The van der Waals surface area contributed by atoms with Gasteiger partial charge in [-0.05, 0) is 12.1 Å². The summed E-state index contributed by atoms with van der Waals surface area (Å²) in [7, 11) is 0. The third-order valence-electron chi connectivity index (χ3n) is 4.68. The molecule has 2 aromatic rings. The highest BCUT2D eigenvalue weighted by atomic mass is 16.4. The molecule has 0 saturated heterocycles. The lowest BCUT2D eigenvalue weighted by Crippen LogP contribution is -2.23. The zero-order valence-corrected chi connectivity index (χ0v) is 19.0. The summed E-state index contributed by atoms with van der Waals surface area (Å²) >= 11 is 0. The van der Waals surface area contributed by atoms with Crippen molar-refractivity contribution >= 4 is 47.8 Å². The summed E-state index contributed by atoms with van der Waals surface area (Å²) in [6, 6.07) is 0.197. The van der Waals surface area contributed by atoms with Gasteiger partial charge in [-0.3, -0.25) is 0 Å². The minimum atomic E-state index is -2.33. The first-order valence-corrected chi connectivity index (χ1v) is 8.83. The van der Waals surface area contributed by atoms with Gasteiger partial charge in [0.2, 0.25) is 0 Å². The molecule has 2 aromatic carbocycles. The Hall–Kier alpha value is -5.96.